The minimum Gasteiger partial charge on any atom is -0.379 e. The zero-order valence-electron chi connectivity index (χ0n) is 14.7. The van der Waals surface area contributed by atoms with Gasteiger partial charge >= 0.3 is 0 Å². The molecule has 0 radical (unpaired) electrons. The molecule has 3 aromatic rings. The SMILES string of the molecule is c1ccc2c(CNCCCN3CCOCC3)c3ccccc3cc2c1. The highest BCUT2D eigenvalue weighted by Gasteiger charge is 2.10. The number of benzene rings is 3. The first-order chi connectivity index (χ1) is 12.4. The maximum absolute atomic E-state index is 5.41. The van der Waals surface area contributed by atoms with Gasteiger partial charge in [0.25, 0.3) is 0 Å². The van der Waals surface area contributed by atoms with Gasteiger partial charge in [0.15, 0.2) is 0 Å². The third-order valence-corrected chi connectivity index (χ3v) is 5.12. The standard InChI is InChI=1S/C22H26N2O/c1-3-8-20-18(6-1)16-19-7-2-4-9-21(19)22(20)17-23-10-5-11-24-12-14-25-15-13-24/h1-4,6-9,16,23H,5,10-15,17H2. The molecule has 0 saturated carbocycles. The smallest absolute Gasteiger partial charge is 0.0594 e. The highest BCUT2D eigenvalue weighted by atomic mass is 16.5. The molecule has 1 heterocycles. The van der Waals surface area contributed by atoms with Crippen molar-refractivity contribution in [2.24, 2.45) is 0 Å². The van der Waals surface area contributed by atoms with E-state index in [0.717, 1.165) is 45.9 Å². The van der Waals surface area contributed by atoms with E-state index in [2.05, 4.69) is 64.8 Å². The van der Waals surface area contributed by atoms with Crippen LogP contribution in [-0.2, 0) is 11.3 Å². The van der Waals surface area contributed by atoms with Gasteiger partial charge in [0, 0.05) is 19.6 Å². The monoisotopic (exact) mass is 334 g/mol. The van der Waals surface area contributed by atoms with E-state index in [1.54, 1.807) is 0 Å². The molecule has 1 fully saturated rings. The predicted molar refractivity (Wildman–Crippen MR) is 105 cm³/mol. The van der Waals surface area contributed by atoms with Gasteiger partial charge in [0.05, 0.1) is 13.2 Å². The van der Waals surface area contributed by atoms with Crippen molar-refractivity contribution in [1.82, 2.24) is 10.2 Å². The topological polar surface area (TPSA) is 24.5 Å². The summed E-state index contributed by atoms with van der Waals surface area (Å²) >= 11 is 0. The molecule has 1 saturated heterocycles. The molecule has 130 valence electrons. The zero-order chi connectivity index (χ0) is 16.9. The quantitative estimate of drug-likeness (QED) is 0.548. The Kier molecular flexibility index (Phi) is 5.26. The van der Waals surface area contributed by atoms with Crippen LogP contribution >= 0.6 is 0 Å². The Balaban J connectivity index is 1.44. The van der Waals surface area contributed by atoms with Crippen LogP contribution in [0.1, 0.15) is 12.0 Å². The third-order valence-electron chi connectivity index (χ3n) is 5.12. The normalized spacial score (nSPS) is 15.8. The number of nitrogens with zero attached hydrogens (tertiary/aromatic N) is 1. The highest BCUT2D eigenvalue weighted by Crippen LogP contribution is 2.28. The number of morpholine rings is 1. The summed E-state index contributed by atoms with van der Waals surface area (Å²) in [7, 11) is 0. The lowest BCUT2D eigenvalue weighted by atomic mass is 9.97. The highest BCUT2D eigenvalue weighted by molar-refractivity contribution is 6.02. The first-order valence-electron chi connectivity index (χ1n) is 9.32. The van der Waals surface area contributed by atoms with E-state index in [4.69, 9.17) is 4.74 Å². The summed E-state index contributed by atoms with van der Waals surface area (Å²) in [5.74, 6) is 0. The number of hydrogen-bond donors (Lipinski definition) is 1. The van der Waals surface area contributed by atoms with Crippen LogP contribution in [0, 0.1) is 0 Å². The zero-order valence-corrected chi connectivity index (χ0v) is 14.7. The molecule has 0 amide bonds. The summed E-state index contributed by atoms with van der Waals surface area (Å²) in [6.07, 6.45) is 1.18. The molecule has 1 N–H and O–H groups in total. The van der Waals surface area contributed by atoms with Crippen LogP contribution in [0.2, 0.25) is 0 Å². The molecular formula is C22H26N2O. The van der Waals surface area contributed by atoms with Crippen molar-refractivity contribution in [2.45, 2.75) is 13.0 Å². The molecular weight excluding hydrogens is 308 g/mol. The van der Waals surface area contributed by atoms with Crippen molar-refractivity contribution in [2.75, 3.05) is 39.4 Å². The van der Waals surface area contributed by atoms with Crippen LogP contribution in [0.15, 0.2) is 54.6 Å². The molecule has 3 aromatic carbocycles. The van der Waals surface area contributed by atoms with Gasteiger partial charge in [-0.15, -0.1) is 0 Å². The lowest BCUT2D eigenvalue weighted by Gasteiger charge is -2.26. The van der Waals surface area contributed by atoms with E-state index >= 15 is 0 Å². The Labute approximate surface area is 149 Å². The Morgan fingerprint density at radius 2 is 1.52 bits per heavy atom. The summed E-state index contributed by atoms with van der Waals surface area (Å²) in [4.78, 5) is 2.50. The van der Waals surface area contributed by atoms with Crippen LogP contribution in [0.4, 0.5) is 0 Å². The fourth-order valence-corrected chi connectivity index (χ4v) is 3.76. The van der Waals surface area contributed by atoms with Crippen LogP contribution in [-0.4, -0.2) is 44.3 Å². The van der Waals surface area contributed by atoms with E-state index in [9.17, 15) is 0 Å². The summed E-state index contributed by atoms with van der Waals surface area (Å²) in [5, 5.41) is 9.04. The van der Waals surface area contributed by atoms with Crippen molar-refractivity contribution in [3.05, 3.63) is 60.2 Å². The van der Waals surface area contributed by atoms with Crippen molar-refractivity contribution in [1.29, 1.82) is 0 Å². The molecule has 25 heavy (non-hydrogen) atoms. The molecule has 0 aliphatic carbocycles. The summed E-state index contributed by atoms with van der Waals surface area (Å²) in [6, 6.07) is 19.7. The Bertz CT molecular complexity index is 786. The number of fused-ring (bicyclic) bond motifs is 2. The number of rotatable bonds is 6. The van der Waals surface area contributed by atoms with Gasteiger partial charge in [0.1, 0.15) is 0 Å². The summed E-state index contributed by atoms with van der Waals surface area (Å²) in [5.41, 5.74) is 1.42. The van der Waals surface area contributed by atoms with Crippen molar-refractivity contribution in [3.8, 4) is 0 Å². The van der Waals surface area contributed by atoms with E-state index in [0.29, 0.717) is 0 Å². The van der Waals surface area contributed by atoms with Crippen LogP contribution < -0.4 is 5.32 Å². The van der Waals surface area contributed by atoms with E-state index < -0.39 is 0 Å². The van der Waals surface area contributed by atoms with Gasteiger partial charge in [-0.25, -0.2) is 0 Å². The Morgan fingerprint density at radius 3 is 2.20 bits per heavy atom. The van der Waals surface area contributed by atoms with Crippen LogP contribution in [0.25, 0.3) is 21.5 Å². The predicted octanol–water partition coefficient (Wildman–Crippen LogP) is 3.80. The molecule has 0 spiro atoms. The van der Waals surface area contributed by atoms with Gasteiger partial charge in [-0.1, -0.05) is 48.5 Å². The van der Waals surface area contributed by atoms with Gasteiger partial charge in [-0.05, 0) is 52.7 Å². The lowest BCUT2D eigenvalue weighted by Crippen LogP contribution is -2.37. The maximum Gasteiger partial charge on any atom is 0.0594 e. The van der Waals surface area contributed by atoms with Crippen molar-refractivity contribution < 1.29 is 4.74 Å². The second-order valence-electron chi connectivity index (χ2n) is 6.78. The van der Waals surface area contributed by atoms with Crippen LogP contribution in [0.3, 0.4) is 0 Å². The molecule has 0 atom stereocenters. The first-order valence-corrected chi connectivity index (χ1v) is 9.32. The number of ether oxygens (including phenoxy) is 1. The van der Waals surface area contributed by atoms with E-state index in [1.807, 2.05) is 0 Å². The second-order valence-corrected chi connectivity index (χ2v) is 6.78. The van der Waals surface area contributed by atoms with Crippen molar-refractivity contribution >= 4 is 21.5 Å². The molecule has 1 aliphatic rings. The van der Waals surface area contributed by atoms with Gasteiger partial charge in [0.2, 0.25) is 0 Å². The number of hydrogen-bond acceptors (Lipinski definition) is 3. The molecule has 0 bridgehead atoms. The second kappa shape index (κ2) is 7.96. The van der Waals surface area contributed by atoms with Crippen LogP contribution in [0.5, 0.6) is 0 Å². The Morgan fingerprint density at radius 1 is 0.880 bits per heavy atom. The summed E-state index contributed by atoms with van der Waals surface area (Å²) in [6.45, 7) is 7.05. The fourth-order valence-electron chi connectivity index (χ4n) is 3.76. The minimum absolute atomic E-state index is 0.884. The summed E-state index contributed by atoms with van der Waals surface area (Å²) < 4.78 is 5.41. The Hall–Kier alpha value is -1.94. The molecule has 0 aromatic heterocycles. The molecule has 4 rings (SSSR count). The largest absolute Gasteiger partial charge is 0.379 e. The third kappa shape index (κ3) is 3.84. The number of nitrogens with one attached hydrogen (secondary N) is 1. The lowest BCUT2D eigenvalue weighted by molar-refractivity contribution is 0.0374. The average Bonchev–Trinajstić information content (AvgIpc) is 2.68. The molecule has 3 nitrogen and oxygen atoms in total. The molecule has 1 aliphatic heterocycles. The maximum atomic E-state index is 5.41. The van der Waals surface area contributed by atoms with E-state index in [1.165, 1.54) is 33.5 Å². The van der Waals surface area contributed by atoms with E-state index in [-0.39, 0.29) is 0 Å². The minimum atomic E-state index is 0.884. The fraction of sp³-hybridized carbons (Fsp3) is 0.364. The average molecular weight is 334 g/mol. The first kappa shape index (κ1) is 16.5. The van der Waals surface area contributed by atoms with Crippen molar-refractivity contribution in [3.63, 3.8) is 0 Å². The molecule has 0 unspecified atom stereocenters. The van der Waals surface area contributed by atoms with Gasteiger partial charge in [-0.3, -0.25) is 4.90 Å². The molecule has 3 heteroatoms. The van der Waals surface area contributed by atoms with Gasteiger partial charge < -0.3 is 10.1 Å². The van der Waals surface area contributed by atoms with Gasteiger partial charge in [-0.2, -0.15) is 0 Å².